The predicted octanol–water partition coefficient (Wildman–Crippen LogP) is 5.25. The minimum atomic E-state index is -0.694. The molecule has 0 saturated heterocycles. The summed E-state index contributed by atoms with van der Waals surface area (Å²) in [6.45, 7) is 6.12. The van der Waals surface area contributed by atoms with Gasteiger partial charge in [0, 0.05) is 16.0 Å². The van der Waals surface area contributed by atoms with Crippen LogP contribution in [0.2, 0.25) is 5.02 Å². The molecule has 10 heteroatoms. The molecule has 1 atom stereocenters. The van der Waals surface area contributed by atoms with Crippen LogP contribution in [0.5, 0.6) is 0 Å². The summed E-state index contributed by atoms with van der Waals surface area (Å²) in [7, 11) is 0. The van der Waals surface area contributed by atoms with Crippen molar-refractivity contribution >= 4 is 57.3 Å². The number of rotatable bonds is 5. The number of aryl methyl sites for hydroxylation is 2. The quantitative estimate of drug-likeness (QED) is 0.366. The third-order valence-electron chi connectivity index (χ3n) is 5.48. The van der Waals surface area contributed by atoms with Gasteiger partial charge in [-0.15, -0.1) is 10.2 Å². The zero-order valence-corrected chi connectivity index (χ0v) is 20.7. The summed E-state index contributed by atoms with van der Waals surface area (Å²) in [6, 6.07) is 18.0. The van der Waals surface area contributed by atoms with Crippen molar-refractivity contribution in [2.75, 3.05) is 10.8 Å². The summed E-state index contributed by atoms with van der Waals surface area (Å²) in [6.07, 6.45) is 0. The Morgan fingerprint density at radius 2 is 1.88 bits per heavy atom. The van der Waals surface area contributed by atoms with E-state index >= 15 is 0 Å². The number of benzene rings is 2. The molecule has 2 aromatic heterocycles. The number of pyridine rings is 1. The van der Waals surface area contributed by atoms with Crippen molar-refractivity contribution in [3.8, 4) is 0 Å². The van der Waals surface area contributed by atoms with Gasteiger partial charge in [0.15, 0.2) is 21.7 Å². The molecule has 168 valence electrons. The lowest BCUT2D eigenvalue weighted by molar-refractivity contribution is 0.318. The molecule has 33 heavy (non-hydrogen) atoms. The second-order valence-corrected chi connectivity index (χ2v) is 10.7. The maximum Gasteiger partial charge on any atom is 0.174 e. The van der Waals surface area contributed by atoms with E-state index in [9.17, 15) is 0 Å². The Morgan fingerprint density at radius 3 is 2.64 bits per heavy atom. The van der Waals surface area contributed by atoms with Crippen molar-refractivity contribution in [3.63, 3.8) is 0 Å². The minimum Gasteiger partial charge on any atom is -0.279 e. The number of nitrogens with zero attached hydrogens (tertiary/aromatic N) is 5. The highest BCUT2D eigenvalue weighted by atomic mass is 35.5. The van der Waals surface area contributed by atoms with Crippen LogP contribution in [0.25, 0.3) is 10.9 Å². The van der Waals surface area contributed by atoms with Gasteiger partial charge in [-0.1, -0.05) is 65.0 Å². The van der Waals surface area contributed by atoms with Crippen LogP contribution in [0.4, 0.5) is 5.82 Å². The highest BCUT2D eigenvalue weighted by Gasteiger charge is 2.39. The fourth-order valence-corrected chi connectivity index (χ4v) is 5.53. The lowest BCUT2D eigenvalue weighted by atomic mass is 10.0. The van der Waals surface area contributed by atoms with Gasteiger partial charge in [0.25, 0.3) is 0 Å². The van der Waals surface area contributed by atoms with E-state index in [0.29, 0.717) is 10.8 Å². The Hall–Kier alpha value is -2.88. The molecule has 0 bridgehead atoms. The highest BCUT2D eigenvalue weighted by Crippen LogP contribution is 2.33. The van der Waals surface area contributed by atoms with Gasteiger partial charge in [0.1, 0.15) is 5.01 Å². The Balaban J connectivity index is 1.53. The lowest BCUT2D eigenvalue weighted by Gasteiger charge is -2.45. The van der Waals surface area contributed by atoms with Gasteiger partial charge < -0.3 is 0 Å². The molecule has 1 aliphatic rings. The van der Waals surface area contributed by atoms with E-state index in [0.717, 1.165) is 43.0 Å². The number of hydrogen-bond acceptors (Lipinski definition) is 9. The standard InChI is InChI=1S/C23H22ClN7S2/c1-14-12-21(25-19-7-5-4-6-18(14)19)31-23(3,16-8-10-17(24)11-9-16)30-27-20(29-31)13-32-22-28-26-15(2)33-22/h4-12,30H,13H2,1-3H3,(H,27,29). The van der Waals surface area contributed by atoms with Crippen LogP contribution < -0.4 is 15.9 Å². The summed E-state index contributed by atoms with van der Waals surface area (Å²) in [5, 5.41) is 17.7. The van der Waals surface area contributed by atoms with Crippen LogP contribution in [0.15, 0.2) is 64.0 Å². The Labute approximate surface area is 205 Å². The van der Waals surface area contributed by atoms with Crippen LogP contribution in [0.3, 0.4) is 0 Å². The first-order valence-electron chi connectivity index (χ1n) is 10.4. The smallest absolute Gasteiger partial charge is 0.174 e. The third-order valence-corrected chi connectivity index (χ3v) is 7.72. The number of hydrazine groups is 1. The summed E-state index contributed by atoms with van der Waals surface area (Å²) in [4.78, 5) is 4.97. The van der Waals surface area contributed by atoms with Crippen LogP contribution in [0, 0.1) is 13.8 Å². The number of halogens is 1. The predicted molar refractivity (Wildman–Crippen MR) is 137 cm³/mol. The summed E-state index contributed by atoms with van der Waals surface area (Å²) in [5.41, 5.74) is 9.26. The molecule has 5 rings (SSSR count). The number of aromatic nitrogens is 3. The van der Waals surface area contributed by atoms with E-state index < -0.39 is 5.66 Å². The van der Waals surface area contributed by atoms with Gasteiger partial charge in [-0.3, -0.25) is 10.9 Å². The average molecular weight is 496 g/mol. The molecule has 0 radical (unpaired) electrons. The van der Waals surface area contributed by atoms with Crippen molar-refractivity contribution < 1.29 is 0 Å². The number of thioether (sulfide) groups is 1. The molecule has 7 nitrogen and oxygen atoms in total. The topological polar surface area (TPSA) is 78.3 Å². The van der Waals surface area contributed by atoms with E-state index in [2.05, 4.69) is 52.1 Å². The first-order chi connectivity index (χ1) is 15.9. The highest BCUT2D eigenvalue weighted by molar-refractivity contribution is 8.01. The Bertz CT molecular complexity index is 1340. The normalized spacial score (nSPS) is 18.1. The molecule has 3 heterocycles. The number of nitrogens with one attached hydrogen (secondary N) is 2. The van der Waals surface area contributed by atoms with Gasteiger partial charge in [0.2, 0.25) is 0 Å². The van der Waals surface area contributed by atoms with Gasteiger partial charge >= 0.3 is 0 Å². The number of hydrogen-bond donors (Lipinski definition) is 2. The third kappa shape index (κ3) is 4.36. The lowest BCUT2D eigenvalue weighted by Crippen LogP contribution is -2.64. The second-order valence-electron chi connectivity index (χ2n) is 7.89. The molecule has 0 saturated carbocycles. The Kier molecular flexibility index (Phi) is 5.86. The molecule has 2 aromatic carbocycles. The molecule has 0 fully saturated rings. The van der Waals surface area contributed by atoms with Gasteiger partial charge in [-0.2, -0.15) is 5.10 Å². The van der Waals surface area contributed by atoms with E-state index in [-0.39, 0.29) is 0 Å². The van der Waals surface area contributed by atoms with E-state index in [1.54, 1.807) is 23.1 Å². The molecule has 0 spiro atoms. The van der Waals surface area contributed by atoms with Crippen LogP contribution >= 0.6 is 34.7 Å². The van der Waals surface area contributed by atoms with Crippen molar-refractivity contribution in [1.82, 2.24) is 26.0 Å². The number of hydrazone groups is 1. The molecular weight excluding hydrogens is 474 g/mol. The molecule has 0 amide bonds. The molecule has 2 N–H and O–H groups in total. The van der Waals surface area contributed by atoms with Crippen molar-refractivity contribution in [1.29, 1.82) is 0 Å². The number of anilines is 1. The van der Waals surface area contributed by atoms with Crippen molar-refractivity contribution in [3.05, 3.63) is 75.8 Å². The maximum atomic E-state index is 6.16. The van der Waals surface area contributed by atoms with E-state index in [1.165, 1.54) is 0 Å². The van der Waals surface area contributed by atoms with Crippen LogP contribution in [-0.2, 0) is 5.66 Å². The zero-order valence-electron chi connectivity index (χ0n) is 18.3. The summed E-state index contributed by atoms with van der Waals surface area (Å²) < 4.78 is 0.911. The molecule has 0 aliphatic carbocycles. The fourth-order valence-electron chi connectivity index (χ4n) is 3.72. The maximum absolute atomic E-state index is 6.16. The molecule has 1 aliphatic heterocycles. The van der Waals surface area contributed by atoms with E-state index in [1.807, 2.05) is 54.4 Å². The molecule has 4 aromatic rings. The average Bonchev–Trinajstić information content (AvgIpc) is 3.24. The zero-order chi connectivity index (χ0) is 23.0. The fraction of sp³-hybridized carbons (Fsp3) is 0.217. The van der Waals surface area contributed by atoms with Gasteiger partial charge in [-0.05, 0) is 50.6 Å². The van der Waals surface area contributed by atoms with Gasteiger partial charge in [0.05, 0.1) is 11.3 Å². The first-order valence-corrected chi connectivity index (χ1v) is 12.6. The summed E-state index contributed by atoms with van der Waals surface area (Å²) >= 11 is 9.33. The van der Waals surface area contributed by atoms with E-state index in [4.69, 9.17) is 16.6 Å². The Morgan fingerprint density at radius 1 is 1.09 bits per heavy atom. The minimum absolute atomic E-state index is 0.612. The van der Waals surface area contributed by atoms with Crippen LogP contribution in [-0.4, -0.2) is 26.8 Å². The molecule has 1 unspecified atom stereocenters. The first kappa shape index (κ1) is 21.9. The second kappa shape index (κ2) is 8.81. The molecular formula is C23H22ClN7S2. The summed E-state index contributed by atoms with van der Waals surface area (Å²) in [5.74, 6) is 2.17. The monoisotopic (exact) mass is 495 g/mol. The number of para-hydroxylation sites is 1. The van der Waals surface area contributed by atoms with Crippen molar-refractivity contribution in [2.24, 2.45) is 5.10 Å². The largest absolute Gasteiger partial charge is 0.279 e. The van der Waals surface area contributed by atoms with Crippen LogP contribution in [0.1, 0.15) is 23.1 Å². The van der Waals surface area contributed by atoms with Crippen molar-refractivity contribution in [2.45, 2.75) is 30.8 Å². The number of amidine groups is 1. The number of fused-ring (bicyclic) bond motifs is 1. The SMILES string of the molecule is Cc1nnc(SCC2=NNC(C)(c3ccc(Cl)cc3)N(c3cc(C)c4ccccc4n3)N2)s1. The van der Waals surface area contributed by atoms with Gasteiger partial charge in [-0.25, -0.2) is 9.99 Å².